The normalized spacial score (nSPS) is 22.4. The van der Waals surface area contributed by atoms with Gasteiger partial charge in [0.05, 0.1) is 32.1 Å². The van der Waals surface area contributed by atoms with Gasteiger partial charge in [-0.1, -0.05) is 13.8 Å². The number of benzene rings is 2. The minimum atomic E-state index is -4.88. The molecular weight excluding hydrogens is 579 g/mol. The largest absolute Gasteiger partial charge is 0.492 e. The zero-order chi connectivity index (χ0) is 29.7. The van der Waals surface area contributed by atoms with E-state index in [4.69, 9.17) is 4.74 Å². The molecule has 2 aromatic carbocycles. The summed E-state index contributed by atoms with van der Waals surface area (Å²) < 4.78 is 103. The molecule has 0 aromatic heterocycles. The molecule has 1 aliphatic heterocycles. The highest BCUT2D eigenvalue weighted by molar-refractivity contribution is 7.85. The van der Waals surface area contributed by atoms with Gasteiger partial charge < -0.3 is 19.4 Å². The van der Waals surface area contributed by atoms with E-state index >= 15 is 0 Å². The number of ether oxygens (including phenoxy) is 1. The van der Waals surface area contributed by atoms with Gasteiger partial charge in [-0.25, -0.2) is 13.2 Å². The van der Waals surface area contributed by atoms with Crippen molar-refractivity contribution in [3.05, 3.63) is 47.8 Å². The van der Waals surface area contributed by atoms with Crippen LogP contribution < -0.4 is 9.64 Å². The predicted molar refractivity (Wildman–Crippen MR) is 142 cm³/mol. The Balaban J connectivity index is 1.77. The second-order valence-electron chi connectivity index (χ2n) is 11.7. The third kappa shape index (κ3) is 6.94. The number of rotatable bonds is 8. The van der Waals surface area contributed by atoms with Crippen molar-refractivity contribution in [3.63, 3.8) is 0 Å². The van der Waals surface area contributed by atoms with Crippen LogP contribution >= 0.6 is 8.38 Å². The Morgan fingerprint density at radius 2 is 1.73 bits per heavy atom. The highest BCUT2D eigenvalue weighted by Crippen LogP contribution is 2.63. The summed E-state index contributed by atoms with van der Waals surface area (Å²) in [6.07, 6.45) is -4.71. The average molecular weight is 612 g/mol. The van der Waals surface area contributed by atoms with Crippen molar-refractivity contribution in [2.24, 2.45) is 11.3 Å². The molecule has 2 aromatic rings. The highest BCUT2D eigenvalue weighted by Gasteiger charge is 2.55. The SMILES string of the molecule is CC(F)(F)CC[C@@H]1CN(c2ccc(F)cc2)c2cc(C(F)(F)F)c(OCC3(P(O)O)CC(C)(C)C3)cc2S(=O)C1. The molecular formula is C27H32F6NO4PS. The molecule has 1 heterocycles. The summed E-state index contributed by atoms with van der Waals surface area (Å²) >= 11 is 0. The van der Waals surface area contributed by atoms with Gasteiger partial charge in [0.25, 0.3) is 0 Å². The smallest absolute Gasteiger partial charge is 0.420 e. The summed E-state index contributed by atoms with van der Waals surface area (Å²) in [7, 11) is -4.37. The van der Waals surface area contributed by atoms with E-state index in [1.54, 1.807) is 0 Å². The maximum Gasteiger partial charge on any atom is 0.420 e. The molecule has 0 amide bonds. The van der Waals surface area contributed by atoms with Crippen LogP contribution in [0.4, 0.5) is 37.7 Å². The second-order valence-corrected chi connectivity index (χ2v) is 14.7. The maximum absolute atomic E-state index is 14.3. The fourth-order valence-corrected chi connectivity index (χ4v) is 8.58. The van der Waals surface area contributed by atoms with Crippen LogP contribution in [-0.4, -0.2) is 44.0 Å². The van der Waals surface area contributed by atoms with Crippen molar-refractivity contribution in [1.82, 2.24) is 0 Å². The third-order valence-electron chi connectivity index (χ3n) is 7.40. The van der Waals surface area contributed by atoms with E-state index in [-0.39, 0.29) is 41.3 Å². The average Bonchev–Trinajstić information content (AvgIpc) is 2.95. The molecule has 40 heavy (non-hydrogen) atoms. The van der Waals surface area contributed by atoms with Crippen molar-refractivity contribution in [3.8, 4) is 5.75 Å². The van der Waals surface area contributed by atoms with Gasteiger partial charge in [-0.05, 0) is 73.9 Å². The van der Waals surface area contributed by atoms with E-state index in [0.717, 1.165) is 31.2 Å². The van der Waals surface area contributed by atoms with E-state index in [0.29, 0.717) is 18.5 Å². The first-order chi connectivity index (χ1) is 18.4. The summed E-state index contributed by atoms with van der Waals surface area (Å²) in [5, 5.41) is -1.09. The van der Waals surface area contributed by atoms with Crippen LogP contribution in [0.5, 0.6) is 5.75 Å². The summed E-state index contributed by atoms with van der Waals surface area (Å²) in [5.74, 6) is -4.77. The van der Waals surface area contributed by atoms with Crippen molar-refractivity contribution in [2.75, 3.05) is 23.8 Å². The molecule has 222 valence electrons. The first-order valence-electron chi connectivity index (χ1n) is 12.7. The van der Waals surface area contributed by atoms with Gasteiger partial charge in [0.15, 0.2) is 8.38 Å². The van der Waals surface area contributed by atoms with Crippen LogP contribution in [0.1, 0.15) is 52.0 Å². The fourth-order valence-electron chi connectivity index (χ4n) is 5.74. The van der Waals surface area contributed by atoms with Crippen LogP contribution in [-0.2, 0) is 17.0 Å². The molecule has 2 atom stereocenters. The van der Waals surface area contributed by atoms with Gasteiger partial charge in [-0.2, -0.15) is 13.2 Å². The van der Waals surface area contributed by atoms with Crippen LogP contribution in [0.2, 0.25) is 0 Å². The Morgan fingerprint density at radius 1 is 1.10 bits per heavy atom. The molecule has 2 aliphatic rings. The first kappa shape index (κ1) is 31.1. The Hall–Kier alpha value is -1.88. The number of hydrogen-bond donors (Lipinski definition) is 2. The van der Waals surface area contributed by atoms with Crippen molar-refractivity contribution in [2.45, 2.75) is 68.6 Å². The number of anilines is 2. The summed E-state index contributed by atoms with van der Waals surface area (Å²) in [6.45, 7) is 4.21. The van der Waals surface area contributed by atoms with Gasteiger partial charge in [0, 0.05) is 24.4 Å². The quantitative estimate of drug-likeness (QED) is 0.241. The molecule has 1 aliphatic carbocycles. The zero-order valence-corrected chi connectivity index (χ0v) is 24.0. The van der Waals surface area contributed by atoms with Crippen LogP contribution in [0.15, 0.2) is 41.3 Å². The molecule has 0 saturated heterocycles. The molecule has 0 spiro atoms. The van der Waals surface area contributed by atoms with E-state index in [2.05, 4.69) is 0 Å². The Labute approximate surface area is 232 Å². The Morgan fingerprint density at radius 3 is 2.25 bits per heavy atom. The molecule has 13 heteroatoms. The fraction of sp³-hybridized carbons (Fsp3) is 0.556. The van der Waals surface area contributed by atoms with Gasteiger partial charge in [-0.15, -0.1) is 0 Å². The van der Waals surface area contributed by atoms with Gasteiger partial charge in [-0.3, -0.25) is 4.21 Å². The van der Waals surface area contributed by atoms with Crippen LogP contribution in [0, 0.1) is 17.2 Å². The number of alkyl halides is 5. The maximum atomic E-state index is 14.3. The molecule has 4 rings (SSSR count). The lowest BCUT2D eigenvalue weighted by Gasteiger charge is -2.52. The van der Waals surface area contributed by atoms with E-state index in [9.17, 15) is 40.3 Å². The molecule has 2 N–H and O–H groups in total. The molecule has 1 unspecified atom stereocenters. The number of nitrogens with zero attached hydrogens (tertiary/aromatic N) is 1. The van der Waals surface area contributed by atoms with Crippen LogP contribution in [0.3, 0.4) is 0 Å². The number of hydrogen-bond acceptors (Lipinski definition) is 5. The standard InChI is InChI=1S/C27H32F6NO4PS/c1-24(2)14-26(15-24,39(35)36)16-38-22-11-23-21(10-20(22)27(31,32)33)34(19-6-4-18(28)5-7-19)12-17(13-40(23)37)8-9-25(3,29)30/h4-7,10-11,17,35-36H,8-9,12-16H2,1-3H3/t17-,40?/m1/s1. The lowest BCUT2D eigenvalue weighted by atomic mass is 9.64. The predicted octanol–water partition coefficient (Wildman–Crippen LogP) is 7.39. The number of halogens is 6. The summed E-state index contributed by atoms with van der Waals surface area (Å²) in [4.78, 5) is 21.5. The second kappa shape index (κ2) is 11.1. The van der Waals surface area contributed by atoms with Gasteiger partial charge in [0.1, 0.15) is 18.2 Å². The molecule has 0 bridgehead atoms. The monoisotopic (exact) mass is 611 g/mol. The van der Waals surface area contributed by atoms with Gasteiger partial charge in [0.2, 0.25) is 5.92 Å². The van der Waals surface area contributed by atoms with E-state index in [1.807, 2.05) is 13.8 Å². The lowest BCUT2D eigenvalue weighted by molar-refractivity contribution is -0.139. The topological polar surface area (TPSA) is 70.0 Å². The first-order valence-corrected chi connectivity index (χ1v) is 15.3. The van der Waals surface area contributed by atoms with Crippen LogP contribution in [0.25, 0.3) is 0 Å². The van der Waals surface area contributed by atoms with Crippen molar-refractivity contribution in [1.29, 1.82) is 0 Å². The molecule has 1 saturated carbocycles. The molecule has 5 nitrogen and oxygen atoms in total. The molecule has 1 fully saturated rings. The summed E-state index contributed by atoms with van der Waals surface area (Å²) in [5.41, 5.74) is -1.10. The Bertz CT molecular complexity index is 1240. The summed E-state index contributed by atoms with van der Waals surface area (Å²) in [6, 6.07) is 6.87. The zero-order valence-electron chi connectivity index (χ0n) is 22.3. The molecule has 0 radical (unpaired) electrons. The minimum Gasteiger partial charge on any atom is -0.492 e. The minimum absolute atomic E-state index is 0.00450. The third-order valence-corrected chi connectivity index (χ3v) is 10.3. The number of fused-ring (bicyclic) bond motifs is 1. The van der Waals surface area contributed by atoms with E-state index in [1.165, 1.54) is 17.0 Å². The van der Waals surface area contributed by atoms with Crippen molar-refractivity contribution >= 4 is 30.5 Å². The highest BCUT2D eigenvalue weighted by atomic mass is 32.2. The van der Waals surface area contributed by atoms with E-state index < -0.39 is 65.9 Å². The Kier molecular flexibility index (Phi) is 8.60. The lowest BCUT2D eigenvalue weighted by Crippen LogP contribution is -2.51. The van der Waals surface area contributed by atoms with Gasteiger partial charge >= 0.3 is 6.18 Å². The van der Waals surface area contributed by atoms with Crippen molar-refractivity contribution < 1.29 is 45.1 Å².